The Balaban J connectivity index is 2.43. The summed E-state index contributed by atoms with van der Waals surface area (Å²) in [6, 6.07) is 8.02. The first kappa shape index (κ1) is 14.2. The van der Waals surface area contributed by atoms with Gasteiger partial charge in [0.15, 0.2) is 11.6 Å². The predicted octanol–water partition coefficient (Wildman–Crippen LogP) is 3.82. The molecule has 3 N–H and O–H groups in total. The lowest BCUT2D eigenvalue weighted by Crippen LogP contribution is -2.29. The standard InChI is InChI=1S/C13H10Cl2F2N2/c14-9-3-1-7(5-10(9)15)13(19-18)8-2-4-11(16)12(17)6-8/h1-6,13,19H,18H2. The van der Waals surface area contributed by atoms with Crippen molar-refractivity contribution in [3.05, 3.63) is 69.2 Å². The minimum absolute atomic E-state index is 0.363. The van der Waals surface area contributed by atoms with Crippen LogP contribution in [0.1, 0.15) is 17.2 Å². The van der Waals surface area contributed by atoms with E-state index < -0.39 is 17.7 Å². The number of rotatable bonds is 3. The van der Waals surface area contributed by atoms with E-state index in [4.69, 9.17) is 29.0 Å². The first-order valence-electron chi connectivity index (χ1n) is 5.39. The van der Waals surface area contributed by atoms with Gasteiger partial charge in [-0.15, -0.1) is 0 Å². The molecule has 0 aromatic heterocycles. The van der Waals surface area contributed by atoms with E-state index in [1.54, 1.807) is 18.2 Å². The quantitative estimate of drug-likeness (QED) is 0.668. The minimum atomic E-state index is -0.933. The predicted molar refractivity (Wildman–Crippen MR) is 72.0 cm³/mol. The van der Waals surface area contributed by atoms with Gasteiger partial charge in [0.1, 0.15) is 0 Å². The molecule has 2 aromatic rings. The third kappa shape index (κ3) is 3.04. The average molecular weight is 303 g/mol. The third-order valence-electron chi connectivity index (χ3n) is 2.72. The van der Waals surface area contributed by atoms with Crippen LogP contribution in [0.25, 0.3) is 0 Å². The molecule has 0 aliphatic heterocycles. The Kier molecular flexibility index (Phi) is 4.37. The normalized spacial score (nSPS) is 12.5. The van der Waals surface area contributed by atoms with Crippen molar-refractivity contribution in [1.82, 2.24) is 5.43 Å². The molecule has 0 spiro atoms. The van der Waals surface area contributed by atoms with Gasteiger partial charge in [-0.3, -0.25) is 5.84 Å². The fourth-order valence-electron chi connectivity index (χ4n) is 1.77. The van der Waals surface area contributed by atoms with Gasteiger partial charge in [0.2, 0.25) is 0 Å². The van der Waals surface area contributed by atoms with Gasteiger partial charge in [-0.25, -0.2) is 14.2 Å². The van der Waals surface area contributed by atoms with Gasteiger partial charge < -0.3 is 0 Å². The lowest BCUT2D eigenvalue weighted by atomic mass is 9.99. The van der Waals surface area contributed by atoms with E-state index in [2.05, 4.69) is 5.43 Å². The van der Waals surface area contributed by atoms with Crippen molar-refractivity contribution in [2.45, 2.75) is 6.04 Å². The van der Waals surface area contributed by atoms with Gasteiger partial charge in [0.05, 0.1) is 16.1 Å². The van der Waals surface area contributed by atoms with Gasteiger partial charge in [0, 0.05) is 0 Å². The fourth-order valence-corrected chi connectivity index (χ4v) is 2.08. The maximum absolute atomic E-state index is 13.2. The molecule has 100 valence electrons. The molecule has 2 aromatic carbocycles. The van der Waals surface area contributed by atoms with Crippen molar-refractivity contribution in [1.29, 1.82) is 0 Å². The second kappa shape index (κ2) is 5.84. The van der Waals surface area contributed by atoms with Gasteiger partial charge >= 0.3 is 0 Å². The molecule has 0 bridgehead atoms. The van der Waals surface area contributed by atoms with Crippen LogP contribution >= 0.6 is 23.2 Å². The molecule has 6 heteroatoms. The fraction of sp³-hybridized carbons (Fsp3) is 0.0769. The van der Waals surface area contributed by atoms with Crippen LogP contribution in [0.2, 0.25) is 10.0 Å². The molecule has 0 heterocycles. The SMILES string of the molecule is NNC(c1ccc(F)c(F)c1)c1ccc(Cl)c(Cl)c1. The number of hydrogen-bond donors (Lipinski definition) is 2. The third-order valence-corrected chi connectivity index (χ3v) is 3.46. The molecule has 2 rings (SSSR count). The molecule has 19 heavy (non-hydrogen) atoms. The van der Waals surface area contributed by atoms with E-state index in [1.807, 2.05) is 0 Å². The van der Waals surface area contributed by atoms with Crippen molar-refractivity contribution < 1.29 is 8.78 Å². The lowest BCUT2D eigenvalue weighted by Gasteiger charge is -2.17. The summed E-state index contributed by atoms with van der Waals surface area (Å²) in [4.78, 5) is 0. The van der Waals surface area contributed by atoms with Crippen LogP contribution in [0.15, 0.2) is 36.4 Å². The van der Waals surface area contributed by atoms with Crippen LogP contribution in [0.4, 0.5) is 8.78 Å². The Hall–Kier alpha value is -1.20. The first-order chi connectivity index (χ1) is 9.02. The van der Waals surface area contributed by atoms with Crippen molar-refractivity contribution >= 4 is 23.2 Å². The zero-order valence-electron chi connectivity index (χ0n) is 9.63. The monoisotopic (exact) mass is 302 g/mol. The van der Waals surface area contributed by atoms with E-state index >= 15 is 0 Å². The smallest absolute Gasteiger partial charge is 0.159 e. The summed E-state index contributed by atoms with van der Waals surface area (Å²) >= 11 is 11.8. The number of nitrogens with one attached hydrogen (secondary N) is 1. The molecule has 0 saturated heterocycles. The Bertz CT molecular complexity index is 554. The second-order valence-corrected chi connectivity index (χ2v) is 4.76. The molecule has 1 atom stereocenters. The molecule has 0 saturated carbocycles. The van der Waals surface area contributed by atoms with Gasteiger partial charge in [-0.1, -0.05) is 35.3 Å². The van der Waals surface area contributed by atoms with E-state index in [1.165, 1.54) is 6.07 Å². The van der Waals surface area contributed by atoms with E-state index in [-0.39, 0.29) is 0 Å². The Morgan fingerprint density at radius 2 is 1.53 bits per heavy atom. The topological polar surface area (TPSA) is 38.0 Å². The van der Waals surface area contributed by atoms with Crippen LogP contribution in [0.5, 0.6) is 0 Å². The first-order valence-corrected chi connectivity index (χ1v) is 6.14. The Morgan fingerprint density at radius 3 is 2.11 bits per heavy atom. The van der Waals surface area contributed by atoms with Gasteiger partial charge in [-0.05, 0) is 35.4 Å². The summed E-state index contributed by atoms with van der Waals surface area (Å²) in [6.07, 6.45) is 0. The number of hydrogen-bond acceptors (Lipinski definition) is 2. The second-order valence-electron chi connectivity index (χ2n) is 3.95. The summed E-state index contributed by atoms with van der Waals surface area (Å²) in [5.74, 6) is 3.63. The van der Waals surface area contributed by atoms with E-state index in [9.17, 15) is 8.78 Å². The highest BCUT2D eigenvalue weighted by molar-refractivity contribution is 6.42. The number of nitrogens with two attached hydrogens (primary N) is 1. The van der Waals surface area contributed by atoms with Crippen LogP contribution in [0.3, 0.4) is 0 Å². The van der Waals surface area contributed by atoms with Crippen LogP contribution in [-0.2, 0) is 0 Å². The molecule has 2 nitrogen and oxygen atoms in total. The van der Waals surface area contributed by atoms with Crippen LogP contribution in [-0.4, -0.2) is 0 Å². The summed E-state index contributed by atoms with van der Waals surface area (Å²) in [5.41, 5.74) is 3.72. The van der Waals surface area contributed by atoms with E-state index in [0.29, 0.717) is 21.2 Å². The molecule has 0 fully saturated rings. The molecular formula is C13H10Cl2F2N2. The van der Waals surface area contributed by atoms with Gasteiger partial charge in [0.25, 0.3) is 0 Å². The van der Waals surface area contributed by atoms with Gasteiger partial charge in [-0.2, -0.15) is 0 Å². The van der Waals surface area contributed by atoms with E-state index in [0.717, 1.165) is 12.1 Å². The molecule has 0 aliphatic rings. The summed E-state index contributed by atoms with van der Waals surface area (Å²) in [5, 5.41) is 0.772. The molecular weight excluding hydrogens is 293 g/mol. The summed E-state index contributed by atoms with van der Waals surface area (Å²) in [7, 11) is 0. The van der Waals surface area contributed by atoms with Crippen LogP contribution < -0.4 is 11.3 Å². The number of halogens is 4. The van der Waals surface area contributed by atoms with Crippen molar-refractivity contribution in [3.8, 4) is 0 Å². The maximum atomic E-state index is 13.2. The van der Waals surface area contributed by atoms with Crippen molar-refractivity contribution in [2.75, 3.05) is 0 Å². The lowest BCUT2D eigenvalue weighted by molar-refractivity contribution is 0.504. The molecule has 0 amide bonds. The minimum Gasteiger partial charge on any atom is -0.271 e. The summed E-state index contributed by atoms with van der Waals surface area (Å²) < 4.78 is 26.2. The van der Waals surface area contributed by atoms with Crippen LogP contribution in [0, 0.1) is 11.6 Å². The van der Waals surface area contributed by atoms with Crippen molar-refractivity contribution in [3.63, 3.8) is 0 Å². The molecule has 0 radical (unpaired) electrons. The molecule has 1 unspecified atom stereocenters. The number of hydrazine groups is 1. The average Bonchev–Trinajstić information content (AvgIpc) is 2.39. The highest BCUT2D eigenvalue weighted by Gasteiger charge is 2.15. The number of benzene rings is 2. The largest absolute Gasteiger partial charge is 0.271 e. The highest BCUT2D eigenvalue weighted by Crippen LogP contribution is 2.29. The maximum Gasteiger partial charge on any atom is 0.159 e. The Labute approximate surface area is 119 Å². The zero-order chi connectivity index (χ0) is 14.0. The molecule has 0 aliphatic carbocycles. The highest BCUT2D eigenvalue weighted by atomic mass is 35.5. The van der Waals surface area contributed by atoms with Crippen molar-refractivity contribution in [2.24, 2.45) is 5.84 Å². The Morgan fingerprint density at radius 1 is 0.895 bits per heavy atom. The zero-order valence-corrected chi connectivity index (χ0v) is 11.1. The summed E-state index contributed by atoms with van der Waals surface area (Å²) in [6.45, 7) is 0.